The van der Waals surface area contributed by atoms with Crippen molar-refractivity contribution in [3.05, 3.63) is 12.2 Å². The van der Waals surface area contributed by atoms with Gasteiger partial charge in [-0.1, -0.05) is 12.2 Å². The number of rotatable bonds is 2. The van der Waals surface area contributed by atoms with Crippen LogP contribution in [-0.2, 0) is 4.74 Å². The summed E-state index contributed by atoms with van der Waals surface area (Å²) in [4.78, 5) is 11.2. The van der Waals surface area contributed by atoms with E-state index in [4.69, 9.17) is 10.5 Å². The second kappa shape index (κ2) is 6.45. The molecule has 3 N–H and O–H groups in total. The number of hydrogen-bond donors (Lipinski definition) is 2. The van der Waals surface area contributed by atoms with Crippen LogP contribution in [0.2, 0.25) is 0 Å². The van der Waals surface area contributed by atoms with Gasteiger partial charge < -0.3 is 15.8 Å². The van der Waals surface area contributed by atoms with E-state index in [1.165, 1.54) is 0 Å². The topological polar surface area (TPSA) is 64.3 Å². The smallest absolute Gasteiger partial charge is 0.407 e. The molecule has 4 heteroatoms. The Kier molecular flexibility index (Phi) is 5.18. The van der Waals surface area contributed by atoms with Crippen molar-refractivity contribution in [3.8, 4) is 0 Å². The number of nitrogens with two attached hydrogens (primary N) is 1. The molecule has 0 aromatic carbocycles. The summed E-state index contributed by atoms with van der Waals surface area (Å²) in [5, 5.41) is 2.82. The van der Waals surface area contributed by atoms with Crippen molar-refractivity contribution in [3.63, 3.8) is 0 Å². The minimum atomic E-state index is -0.359. The van der Waals surface area contributed by atoms with Crippen LogP contribution in [0.5, 0.6) is 0 Å². The lowest BCUT2D eigenvalue weighted by Gasteiger charge is -2.25. The standard InChI is InChI=1S/C11H20N2O2/c1-2-15-11(14)13-10-8-6-4-3-5-7-9(10)12/h3-4,9-10H,2,5-8,12H2,1H3,(H,13,14). The predicted octanol–water partition coefficient (Wildman–Crippen LogP) is 1.56. The predicted molar refractivity (Wildman–Crippen MR) is 59.5 cm³/mol. The fraction of sp³-hybridized carbons (Fsp3) is 0.727. The number of amides is 1. The summed E-state index contributed by atoms with van der Waals surface area (Å²) >= 11 is 0. The summed E-state index contributed by atoms with van der Waals surface area (Å²) in [5.41, 5.74) is 5.99. The van der Waals surface area contributed by atoms with Gasteiger partial charge in [0.25, 0.3) is 0 Å². The maximum atomic E-state index is 11.2. The number of nitrogens with one attached hydrogen (secondary N) is 1. The molecule has 0 radical (unpaired) electrons. The third-order valence-corrected chi connectivity index (χ3v) is 2.57. The molecule has 1 amide bonds. The molecule has 0 saturated carbocycles. The zero-order valence-corrected chi connectivity index (χ0v) is 9.24. The summed E-state index contributed by atoms with van der Waals surface area (Å²) in [6.45, 7) is 2.19. The minimum absolute atomic E-state index is 0.0272. The van der Waals surface area contributed by atoms with Gasteiger partial charge in [-0.3, -0.25) is 0 Å². The van der Waals surface area contributed by atoms with E-state index < -0.39 is 0 Å². The van der Waals surface area contributed by atoms with E-state index in [2.05, 4.69) is 17.5 Å². The number of allylic oxidation sites excluding steroid dienone is 2. The first-order chi connectivity index (χ1) is 7.24. The number of carbonyl (C=O) groups is 1. The molecule has 0 heterocycles. The Morgan fingerprint density at radius 1 is 1.47 bits per heavy atom. The Morgan fingerprint density at radius 3 is 2.80 bits per heavy atom. The van der Waals surface area contributed by atoms with Crippen LogP contribution in [0.3, 0.4) is 0 Å². The molecule has 1 rings (SSSR count). The molecule has 86 valence electrons. The van der Waals surface area contributed by atoms with Crippen molar-refractivity contribution in [1.29, 1.82) is 0 Å². The molecule has 1 aliphatic rings. The first-order valence-corrected chi connectivity index (χ1v) is 5.58. The largest absolute Gasteiger partial charge is 0.450 e. The molecule has 2 unspecified atom stereocenters. The van der Waals surface area contributed by atoms with Crippen molar-refractivity contribution in [2.75, 3.05) is 6.61 Å². The van der Waals surface area contributed by atoms with Gasteiger partial charge in [0.15, 0.2) is 0 Å². The van der Waals surface area contributed by atoms with E-state index in [9.17, 15) is 4.79 Å². The SMILES string of the molecule is CCOC(=O)NC1CCC=CCCC1N. The van der Waals surface area contributed by atoms with Crippen LogP contribution in [-0.4, -0.2) is 24.8 Å². The summed E-state index contributed by atoms with van der Waals surface area (Å²) in [5.74, 6) is 0. The van der Waals surface area contributed by atoms with Crippen LogP contribution in [0.1, 0.15) is 32.6 Å². The Bertz CT molecular complexity index is 229. The molecule has 0 fully saturated rings. The van der Waals surface area contributed by atoms with Gasteiger partial charge in [-0.25, -0.2) is 4.79 Å². The Morgan fingerprint density at radius 2 is 2.13 bits per heavy atom. The molecule has 1 aliphatic carbocycles. The highest BCUT2D eigenvalue weighted by Gasteiger charge is 2.20. The van der Waals surface area contributed by atoms with Gasteiger partial charge in [0, 0.05) is 12.1 Å². The van der Waals surface area contributed by atoms with Gasteiger partial charge in [-0.2, -0.15) is 0 Å². The van der Waals surface area contributed by atoms with Crippen LogP contribution in [0.25, 0.3) is 0 Å². The summed E-state index contributed by atoms with van der Waals surface area (Å²) in [6, 6.07) is 0.0633. The van der Waals surface area contributed by atoms with Crippen LogP contribution in [0, 0.1) is 0 Å². The number of carbonyl (C=O) groups excluding carboxylic acids is 1. The lowest BCUT2D eigenvalue weighted by Crippen LogP contribution is -2.47. The van der Waals surface area contributed by atoms with Gasteiger partial charge in [0.2, 0.25) is 0 Å². The summed E-state index contributed by atoms with van der Waals surface area (Å²) < 4.78 is 4.84. The van der Waals surface area contributed by atoms with Gasteiger partial charge in [0.1, 0.15) is 0 Å². The lowest BCUT2D eigenvalue weighted by molar-refractivity contribution is 0.145. The molecule has 0 aromatic rings. The average molecular weight is 212 g/mol. The Labute approximate surface area is 90.9 Å². The molecule has 4 nitrogen and oxygen atoms in total. The fourth-order valence-electron chi connectivity index (χ4n) is 1.72. The maximum Gasteiger partial charge on any atom is 0.407 e. The van der Waals surface area contributed by atoms with Crippen LogP contribution in [0.15, 0.2) is 12.2 Å². The molecule has 0 aliphatic heterocycles. The fourth-order valence-corrected chi connectivity index (χ4v) is 1.72. The molecule has 15 heavy (non-hydrogen) atoms. The quantitative estimate of drug-likeness (QED) is 0.683. The van der Waals surface area contributed by atoms with Crippen molar-refractivity contribution in [2.24, 2.45) is 5.73 Å². The third-order valence-electron chi connectivity index (χ3n) is 2.57. The molecule has 0 saturated heterocycles. The first-order valence-electron chi connectivity index (χ1n) is 5.58. The molecule has 2 atom stereocenters. The highest BCUT2D eigenvalue weighted by molar-refractivity contribution is 5.67. The number of alkyl carbamates (subject to hydrolysis) is 1. The van der Waals surface area contributed by atoms with E-state index in [0.717, 1.165) is 25.7 Å². The van der Waals surface area contributed by atoms with Gasteiger partial charge in [0.05, 0.1) is 6.61 Å². The van der Waals surface area contributed by atoms with E-state index in [1.807, 2.05) is 0 Å². The molecule has 0 spiro atoms. The van der Waals surface area contributed by atoms with Gasteiger partial charge >= 0.3 is 6.09 Å². The Balaban J connectivity index is 2.43. The average Bonchev–Trinajstić information content (AvgIpc) is 2.18. The highest BCUT2D eigenvalue weighted by atomic mass is 16.5. The molecular weight excluding hydrogens is 192 g/mol. The van der Waals surface area contributed by atoms with Gasteiger partial charge in [-0.15, -0.1) is 0 Å². The summed E-state index contributed by atoms with van der Waals surface area (Å²) in [7, 11) is 0. The van der Waals surface area contributed by atoms with Crippen molar-refractivity contribution in [2.45, 2.75) is 44.7 Å². The van der Waals surface area contributed by atoms with Crippen molar-refractivity contribution < 1.29 is 9.53 Å². The Hall–Kier alpha value is -1.03. The highest BCUT2D eigenvalue weighted by Crippen LogP contribution is 2.11. The monoisotopic (exact) mass is 212 g/mol. The minimum Gasteiger partial charge on any atom is -0.450 e. The van der Waals surface area contributed by atoms with Crippen molar-refractivity contribution >= 4 is 6.09 Å². The normalized spacial score (nSPS) is 26.5. The summed E-state index contributed by atoms with van der Waals surface area (Å²) in [6.07, 6.45) is 7.69. The lowest BCUT2D eigenvalue weighted by atomic mass is 9.96. The van der Waals surface area contributed by atoms with E-state index >= 15 is 0 Å². The second-order valence-corrected chi connectivity index (χ2v) is 3.76. The van der Waals surface area contributed by atoms with E-state index in [0.29, 0.717) is 6.61 Å². The number of hydrogen-bond acceptors (Lipinski definition) is 3. The zero-order valence-electron chi connectivity index (χ0n) is 9.24. The molecule has 0 bridgehead atoms. The molecular formula is C11H20N2O2. The third kappa shape index (κ3) is 4.34. The first kappa shape index (κ1) is 12.0. The maximum absolute atomic E-state index is 11.2. The van der Waals surface area contributed by atoms with Crippen molar-refractivity contribution in [1.82, 2.24) is 5.32 Å². The van der Waals surface area contributed by atoms with Crippen LogP contribution >= 0.6 is 0 Å². The molecule has 0 aromatic heterocycles. The van der Waals surface area contributed by atoms with E-state index in [1.54, 1.807) is 6.92 Å². The van der Waals surface area contributed by atoms with Crippen LogP contribution in [0.4, 0.5) is 4.79 Å². The van der Waals surface area contributed by atoms with Gasteiger partial charge in [-0.05, 0) is 32.6 Å². The van der Waals surface area contributed by atoms with E-state index in [-0.39, 0.29) is 18.2 Å². The van der Waals surface area contributed by atoms with Crippen LogP contribution < -0.4 is 11.1 Å². The number of ether oxygens (including phenoxy) is 1. The zero-order chi connectivity index (χ0) is 11.1. The second-order valence-electron chi connectivity index (χ2n) is 3.76.